The maximum absolute atomic E-state index is 14.0. The van der Waals surface area contributed by atoms with Crippen molar-refractivity contribution in [3.8, 4) is 0 Å². The Morgan fingerprint density at radius 3 is 2.12 bits per heavy atom. The van der Waals surface area contributed by atoms with Crippen LogP contribution in [0.2, 0.25) is 0 Å². The highest BCUT2D eigenvalue weighted by Crippen LogP contribution is 2.30. The Hall–Kier alpha value is -5.21. The molecule has 6 amide bonds. The van der Waals surface area contributed by atoms with E-state index in [1.165, 1.54) is 23.5 Å². The number of hydrogen-bond acceptors (Lipinski definition) is 9. The van der Waals surface area contributed by atoms with Crippen LogP contribution in [-0.2, 0) is 28.8 Å². The number of benzene rings is 1. The van der Waals surface area contributed by atoms with Crippen LogP contribution in [0.1, 0.15) is 114 Å². The van der Waals surface area contributed by atoms with Crippen LogP contribution in [0.25, 0.3) is 0 Å². The van der Waals surface area contributed by atoms with Crippen molar-refractivity contribution in [2.45, 2.75) is 122 Å². The third-order valence-electron chi connectivity index (χ3n) is 10.6. The van der Waals surface area contributed by atoms with Gasteiger partial charge in [-0.15, -0.1) is 0 Å². The minimum Gasteiger partial charge on any atom is -0.351 e. The van der Waals surface area contributed by atoms with E-state index in [0.717, 1.165) is 32.1 Å². The third kappa shape index (κ3) is 11.7. The van der Waals surface area contributed by atoms with Gasteiger partial charge in [0.05, 0.1) is 18.2 Å². The van der Waals surface area contributed by atoms with E-state index in [0.29, 0.717) is 31.2 Å². The fourth-order valence-corrected chi connectivity index (χ4v) is 7.50. The summed E-state index contributed by atoms with van der Waals surface area (Å²) in [5, 5.41) is 14.1. The molecule has 0 bridgehead atoms. The number of likely N-dealkylation sites (N-methyl/N-ethyl adjacent to an activating group) is 1. The number of Topliss-reactive ketones (excluding diaryl/α,β-unsaturated/α-hetero) is 1. The SMILES string of the molecule is CCC[C@H](NC(=O)[C@@H]1CCC[C@@H]1NC(=O)[C@@H](NC(=O)[C@@H](NC(=O)c1cnccn1)C1CCCCC1)C(C)(C)C)C(=O)C(=O)N[C@@H](C(=O)N(C)C)c1ccccc1. The number of carbonyl (C=O) groups is 7. The third-order valence-corrected chi connectivity index (χ3v) is 10.6. The fraction of sp³-hybridized carbons (Fsp3) is 0.585. The van der Waals surface area contributed by atoms with Gasteiger partial charge in [0.15, 0.2) is 0 Å². The van der Waals surface area contributed by atoms with Gasteiger partial charge in [0.1, 0.15) is 23.8 Å². The first-order valence-electron chi connectivity index (χ1n) is 19.7. The second-order valence-electron chi connectivity index (χ2n) is 16.2. The second kappa shape index (κ2) is 20.1. The predicted molar refractivity (Wildman–Crippen MR) is 208 cm³/mol. The summed E-state index contributed by atoms with van der Waals surface area (Å²) in [5.74, 6) is -5.07. The quantitative estimate of drug-likeness (QED) is 0.159. The molecule has 4 rings (SSSR count). The zero-order valence-corrected chi connectivity index (χ0v) is 33.4. The standard InChI is InChI=1S/C41H58N8O7/c1-7-15-29(33(50)38(54)47-32(40(56)49(5)6)26-18-12-9-13-19-26)45-35(51)27-20-14-21-28(27)44-39(55)34(41(2,3)4)48-37(53)31(25-16-10-8-11-17-25)46-36(52)30-24-42-22-23-43-30/h9,12-13,18-19,22-25,27-29,31-32,34H,7-8,10-11,14-17,20-21H2,1-6H3,(H,44,55)(H,45,51)(H,46,52)(H,47,54)(H,48,53)/t27-,28+,29+,31+,32-,34-/m1/s1. The van der Waals surface area contributed by atoms with Gasteiger partial charge in [-0.05, 0) is 49.0 Å². The zero-order chi connectivity index (χ0) is 41.0. The van der Waals surface area contributed by atoms with Crippen molar-refractivity contribution in [2.75, 3.05) is 14.1 Å². The Bertz CT molecular complexity index is 1690. The van der Waals surface area contributed by atoms with Gasteiger partial charge in [0.25, 0.3) is 11.8 Å². The Balaban J connectivity index is 1.45. The number of carbonyl (C=O) groups excluding carboxylic acids is 7. The number of amides is 6. The van der Waals surface area contributed by atoms with Gasteiger partial charge in [-0.3, -0.25) is 38.5 Å². The van der Waals surface area contributed by atoms with Gasteiger partial charge in [-0.25, -0.2) is 4.98 Å². The van der Waals surface area contributed by atoms with Crippen molar-refractivity contribution < 1.29 is 33.6 Å². The predicted octanol–water partition coefficient (Wildman–Crippen LogP) is 2.77. The number of nitrogens with zero attached hydrogens (tertiary/aromatic N) is 3. The van der Waals surface area contributed by atoms with Crippen molar-refractivity contribution in [3.05, 3.63) is 60.2 Å². The van der Waals surface area contributed by atoms with Crippen molar-refractivity contribution in [1.82, 2.24) is 41.5 Å². The lowest BCUT2D eigenvalue weighted by atomic mass is 9.82. The lowest BCUT2D eigenvalue weighted by molar-refractivity contribution is -0.143. The summed E-state index contributed by atoms with van der Waals surface area (Å²) in [6.45, 7) is 7.30. The molecular formula is C41H58N8O7. The second-order valence-corrected chi connectivity index (χ2v) is 16.2. The summed E-state index contributed by atoms with van der Waals surface area (Å²) >= 11 is 0. The van der Waals surface area contributed by atoms with Gasteiger partial charge >= 0.3 is 0 Å². The molecular weight excluding hydrogens is 716 g/mol. The van der Waals surface area contributed by atoms with Crippen LogP contribution in [0.4, 0.5) is 0 Å². The largest absolute Gasteiger partial charge is 0.351 e. The summed E-state index contributed by atoms with van der Waals surface area (Å²) < 4.78 is 0. The first-order chi connectivity index (χ1) is 26.6. The Morgan fingerprint density at radius 2 is 1.52 bits per heavy atom. The minimum atomic E-state index is -1.15. The average Bonchev–Trinajstić information content (AvgIpc) is 3.65. The number of ketones is 1. The Morgan fingerprint density at radius 1 is 0.821 bits per heavy atom. The van der Waals surface area contributed by atoms with E-state index in [-0.39, 0.29) is 18.0 Å². The maximum atomic E-state index is 14.0. The van der Waals surface area contributed by atoms with Gasteiger partial charge in [0, 0.05) is 32.5 Å². The van der Waals surface area contributed by atoms with Crippen LogP contribution in [0.3, 0.4) is 0 Å². The molecule has 0 unspecified atom stereocenters. The van der Waals surface area contributed by atoms with Crippen LogP contribution >= 0.6 is 0 Å². The maximum Gasteiger partial charge on any atom is 0.290 e. The fourth-order valence-electron chi connectivity index (χ4n) is 7.50. The van der Waals surface area contributed by atoms with Crippen molar-refractivity contribution in [2.24, 2.45) is 17.3 Å². The van der Waals surface area contributed by atoms with Gasteiger partial charge in [-0.2, -0.15) is 0 Å². The monoisotopic (exact) mass is 774 g/mol. The molecule has 2 aliphatic carbocycles. The number of nitrogens with one attached hydrogen (secondary N) is 5. The zero-order valence-electron chi connectivity index (χ0n) is 33.4. The first-order valence-corrected chi connectivity index (χ1v) is 19.7. The van der Waals surface area contributed by atoms with Crippen molar-refractivity contribution >= 4 is 41.2 Å². The van der Waals surface area contributed by atoms with E-state index >= 15 is 0 Å². The van der Waals surface area contributed by atoms with Crippen LogP contribution in [0.5, 0.6) is 0 Å². The molecule has 2 fully saturated rings. The summed E-state index contributed by atoms with van der Waals surface area (Å²) in [6, 6.07) is 3.83. The normalized spacial score (nSPS) is 19.3. The lowest BCUT2D eigenvalue weighted by Crippen LogP contribution is -2.61. The summed E-state index contributed by atoms with van der Waals surface area (Å²) in [6.07, 6.45) is 10.8. The highest BCUT2D eigenvalue weighted by Gasteiger charge is 2.42. The molecule has 56 heavy (non-hydrogen) atoms. The highest BCUT2D eigenvalue weighted by atomic mass is 16.2. The van der Waals surface area contributed by atoms with E-state index in [1.807, 2.05) is 27.7 Å². The molecule has 0 saturated heterocycles. The van der Waals surface area contributed by atoms with Crippen LogP contribution in [0, 0.1) is 17.3 Å². The first kappa shape index (κ1) is 43.5. The molecule has 1 aromatic carbocycles. The smallest absolute Gasteiger partial charge is 0.290 e. The van der Waals surface area contributed by atoms with Gasteiger partial charge < -0.3 is 31.5 Å². The number of aromatic nitrogens is 2. The molecule has 0 spiro atoms. The molecule has 1 heterocycles. The molecule has 2 aromatic rings. The number of hydrogen-bond donors (Lipinski definition) is 5. The van der Waals surface area contributed by atoms with Crippen molar-refractivity contribution in [1.29, 1.82) is 0 Å². The van der Waals surface area contributed by atoms with E-state index in [9.17, 15) is 33.6 Å². The summed E-state index contributed by atoms with van der Waals surface area (Å²) in [5.41, 5.74) is -0.162. The van der Waals surface area contributed by atoms with Crippen LogP contribution < -0.4 is 26.6 Å². The Labute approximate surface area is 329 Å². The van der Waals surface area contributed by atoms with E-state index < -0.39 is 82.8 Å². The van der Waals surface area contributed by atoms with E-state index in [4.69, 9.17) is 0 Å². The van der Waals surface area contributed by atoms with E-state index in [1.54, 1.807) is 44.4 Å². The van der Waals surface area contributed by atoms with Gasteiger partial charge in [-0.1, -0.05) is 90.1 Å². The minimum absolute atomic E-state index is 0.0797. The lowest BCUT2D eigenvalue weighted by Gasteiger charge is -2.35. The topological polar surface area (TPSA) is 209 Å². The molecule has 0 aliphatic heterocycles. The Kier molecular flexibility index (Phi) is 15.6. The van der Waals surface area contributed by atoms with Crippen LogP contribution in [-0.4, -0.2) is 94.4 Å². The molecule has 6 atom stereocenters. The van der Waals surface area contributed by atoms with Crippen LogP contribution in [0.15, 0.2) is 48.9 Å². The van der Waals surface area contributed by atoms with Gasteiger partial charge in [0.2, 0.25) is 29.4 Å². The molecule has 15 heteroatoms. The molecule has 5 N–H and O–H groups in total. The highest BCUT2D eigenvalue weighted by molar-refractivity contribution is 6.38. The van der Waals surface area contributed by atoms with Crippen molar-refractivity contribution in [3.63, 3.8) is 0 Å². The summed E-state index contributed by atoms with van der Waals surface area (Å²) in [7, 11) is 3.11. The molecule has 0 radical (unpaired) electrons. The van der Waals surface area contributed by atoms with E-state index in [2.05, 4.69) is 36.6 Å². The molecule has 304 valence electrons. The molecule has 1 aromatic heterocycles. The molecule has 15 nitrogen and oxygen atoms in total. The molecule has 2 aliphatic rings. The molecule has 2 saturated carbocycles. The average molecular weight is 775 g/mol. The number of rotatable bonds is 16. The summed E-state index contributed by atoms with van der Waals surface area (Å²) in [4.78, 5) is 104.